The Morgan fingerprint density at radius 3 is 3.00 bits per heavy atom. The molecule has 0 aliphatic rings. The zero-order valence-corrected chi connectivity index (χ0v) is 10.8. The van der Waals surface area contributed by atoms with Crippen LogP contribution in [-0.4, -0.2) is 43.7 Å². The number of thiazole rings is 1. The molecular weight excluding hydrogens is 258 g/mol. The van der Waals surface area contributed by atoms with Crippen molar-refractivity contribution in [1.82, 2.24) is 4.98 Å². The number of nitrogens with zero attached hydrogens (tertiary/aromatic N) is 1. The number of aromatic nitrogens is 1. The molecular formula is C10H15N3O4S. The molecule has 0 fully saturated rings. The van der Waals surface area contributed by atoms with Gasteiger partial charge in [-0.15, -0.1) is 11.3 Å². The second-order valence-electron chi connectivity index (χ2n) is 3.34. The number of amides is 1. The van der Waals surface area contributed by atoms with Crippen molar-refractivity contribution < 1.29 is 19.1 Å². The van der Waals surface area contributed by atoms with E-state index in [4.69, 9.17) is 10.5 Å². The van der Waals surface area contributed by atoms with Gasteiger partial charge in [0.25, 0.3) is 0 Å². The Hall–Kier alpha value is -1.67. The number of carbonyl (C=O) groups excluding carboxylic acids is 2. The number of methoxy groups -OCH3 is 1. The van der Waals surface area contributed by atoms with Crippen LogP contribution in [0.25, 0.3) is 0 Å². The lowest BCUT2D eigenvalue weighted by atomic mass is 10.3. The Labute approximate surface area is 108 Å². The van der Waals surface area contributed by atoms with Gasteiger partial charge < -0.3 is 20.5 Å². The van der Waals surface area contributed by atoms with E-state index in [2.05, 4.69) is 15.0 Å². The summed E-state index contributed by atoms with van der Waals surface area (Å²) >= 11 is 1.39. The molecule has 1 rings (SSSR count). The van der Waals surface area contributed by atoms with Gasteiger partial charge in [-0.3, -0.25) is 9.59 Å². The molecule has 8 heteroatoms. The van der Waals surface area contributed by atoms with Crippen molar-refractivity contribution in [3.05, 3.63) is 11.1 Å². The van der Waals surface area contributed by atoms with Crippen LogP contribution in [0.5, 0.6) is 0 Å². The molecule has 1 heterocycles. The average molecular weight is 273 g/mol. The molecule has 0 atom stereocenters. The molecule has 0 bridgehead atoms. The second-order valence-corrected chi connectivity index (χ2v) is 4.20. The number of nitrogens with one attached hydrogen (secondary N) is 1. The fourth-order valence-electron chi connectivity index (χ4n) is 1.09. The molecule has 0 aromatic carbocycles. The smallest absolute Gasteiger partial charge is 0.311 e. The van der Waals surface area contributed by atoms with Crippen molar-refractivity contribution in [3.63, 3.8) is 0 Å². The van der Waals surface area contributed by atoms with Crippen LogP contribution in [0.15, 0.2) is 5.38 Å². The number of carbonyl (C=O) groups is 2. The number of esters is 1. The lowest BCUT2D eigenvalue weighted by Crippen LogP contribution is -2.20. The first-order valence-corrected chi connectivity index (χ1v) is 6.11. The van der Waals surface area contributed by atoms with Gasteiger partial charge in [0.1, 0.15) is 6.61 Å². The first-order chi connectivity index (χ1) is 8.61. The Kier molecular flexibility index (Phi) is 6.09. The molecule has 1 aromatic heterocycles. The van der Waals surface area contributed by atoms with Gasteiger partial charge in [0.15, 0.2) is 5.13 Å². The van der Waals surface area contributed by atoms with Crippen LogP contribution in [0.4, 0.5) is 5.13 Å². The maximum absolute atomic E-state index is 11.0. The maximum atomic E-state index is 11.0. The molecule has 0 spiro atoms. The van der Waals surface area contributed by atoms with Gasteiger partial charge in [-0.2, -0.15) is 0 Å². The van der Waals surface area contributed by atoms with Gasteiger partial charge >= 0.3 is 5.97 Å². The second kappa shape index (κ2) is 7.62. The van der Waals surface area contributed by atoms with Crippen molar-refractivity contribution in [3.8, 4) is 0 Å². The summed E-state index contributed by atoms with van der Waals surface area (Å²) in [6, 6.07) is 0. The molecule has 18 heavy (non-hydrogen) atoms. The minimum absolute atomic E-state index is 0.0901. The number of primary amides is 1. The largest absolute Gasteiger partial charge is 0.469 e. The summed E-state index contributed by atoms with van der Waals surface area (Å²) in [4.78, 5) is 25.6. The fraction of sp³-hybridized carbons (Fsp3) is 0.500. The number of hydrogen-bond donors (Lipinski definition) is 2. The molecule has 0 radical (unpaired) electrons. The minimum atomic E-state index is -0.496. The third kappa shape index (κ3) is 5.60. The maximum Gasteiger partial charge on any atom is 0.311 e. The van der Waals surface area contributed by atoms with E-state index in [1.165, 1.54) is 18.4 Å². The van der Waals surface area contributed by atoms with Gasteiger partial charge in [0, 0.05) is 11.9 Å². The standard InChI is InChI=1S/C10H15N3O4S/c1-16-9(15)4-7-6-18-10(13-7)12-2-3-17-5-8(11)14/h6H,2-5H2,1H3,(H2,11,14)(H,12,13). The summed E-state index contributed by atoms with van der Waals surface area (Å²) < 4.78 is 9.51. The normalized spacial score (nSPS) is 10.1. The number of ether oxygens (including phenoxy) is 2. The molecule has 0 saturated carbocycles. The quantitative estimate of drug-likeness (QED) is 0.501. The van der Waals surface area contributed by atoms with E-state index in [1.54, 1.807) is 5.38 Å². The molecule has 3 N–H and O–H groups in total. The van der Waals surface area contributed by atoms with Crippen molar-refractivity contribution in [2.45, 2.75) is 6.42 Å². The van der Waals surface area contributed by atoms with Crippen LogP contribution in [0.3, 0.4) is 0 Å². The van der Waals surface area contributed by atoms with Crippen LogP contribution in [0.1, 0.15) is 5.69 Å². The molecule has 0 aliphatic carbocycles. The number of rotatable bonds is 8. The highest BCUT2D eigenvalue weighted by atomic mass is 32.1. The molecule has 100 valence electrons. The van der Waals surface area contributed by atoms with Gasteiger partial charge in [-0.25, -0.2) is 4.98 Å². The molecule has 1 amide bonds. The Balaban J connectivity index is 2.23. The van der Waals surface area contributed by atoms with E-state index in [0.29, 0.717) is 24.0 Å². The predicted octanol–water partition coefficient (Wildman–Crippen LogP) is -0.228. The summed E-state index contributed by atoms with van der Waals surface area (Å²) in [5.74, 6) is -0.818. The molecule has 0 aliphatic heterocycles. The predicted molar refractivity (Wildman–Crippen MR) is 66.3 cm³/mol. The first kappa shape index (κ1) is 14.4. The van der Waals surface area contributed by atoms with Crippen molar-refractivity contribution in [1.29, 1.82) is 0 Å². The Morgan fingerprint density at radius 2 is 2.33 bits per heavy atom. The zero-order chi connectivity index (χ0) is 13.4. The zero-order valence-electron chi connectivity index (χ0n) is 9.97. The van der Waals surface area contributed by atoms with E-state index < -0.39 is 5.91 Å². The van der Waals surface area contributed by atoms with Gasteiger partial charge in [-0.05, 0) is 0 Å². The summed E-state index contributed by atoms with van der Waals surface area (Å²) in [7, 11) is 1.34. The van der Waals surface area contributed by atoms with Crippen LogP contribution >= 0.6 is 11.3 Å². The summed E-state index contributed by atoms with van der Waals surface area (Å²) in [6.45, 7) is 0.778. The minimum Gasteiger partial charge on any atom is -0.469 e. The summed E-state index contributed by atoms with van der Waals surface area (Å²) in [6.07, 6.45) is 0.160. The SMILES string of the molecule is COC(=O)Cc1csc(NCCOCC(N)=O)n1. The van der Waals surface area contributed by atoms with Crippen molar-refractivity contribution in [2.75, 3.05) is 32.2 Å². The number of nitrogens with two attached hydrogens (primary N) is 1. The monoisotopic (exact) mass is 273 g/mol. The topological polar surface area (TPSA) is 104 Å². The molecule has 7 nitrogen and oxygen atoms in total. The van der Waals surface area contributed by atoms with Gasteiger partial charge in [0.05, 0.1) is 25.8 Å². The fourth-order valence-corrected chi connectivity index (χ4v) is 1.83. The lowest BCUT2D eigenvalue weighted by Gasteiger charge is -2.02. The lowest BCUT2D eigenvalue weighted by molar-refractivity contribution is -0.139. The van der Waals surface area contributed by atoms with Crippen LogP contribution in [0.2, 0.25) is 0 Å². The third-order valence-electron chi connectivity index (χ3n) is 1.87. The van der Waals surface area contributed by atoms with Gasteiger partial charge in [0.2, 0.25) is 5.91 Å². The highest BCUT2D eigenvalue weighted by Gasteiger charge is 2.07. The van der Waals surface area contributed by atoms with E-state index in [9.17, 15) is 9.59 Å². The van der Waals surface area contributed by atoms with Crippen LogP contribution < -0.4 is 11.1 Å². The molecule has 1 aromatic rings. The third-order valence-corrected chi connectivity index (χ3v) is 2.72. The summed E-state index contributed by atoms with van der Waals surface area (Å²) in [5.41, 5.74) is 5.57. The number of anilines is 1. The van der Waals surface area contributed by atoms with E-state index in [-0.39, 0.29) is 19.0 Å². The molecule has 0 saturated heterocycles. The first-order valence-electron chi connectivity index (χ1n) is 5.23. The Morgan fingerprint density at radius 1 is 1.56 bits per heavy atom. The van der Waals surface area contributed by atoms with E-state index in [0.717, 1.165) is 0 Å². The van der Waals surface area contributed by atoms with E-state index in [1.807, 2.05) is 0 Å². The number of hydrogen-bond acceptors (Lipinski definition) is 7. The summed E-state index contributed by atoms with van der Waals surface area (Å²) in [5, 5.41) is 5.48. The van der Waals surface area contributed by atoms with Crippen LogP contribution in [0, 0.1) is 0 Å². The highest BCUT2D eigenvalue weighted by molar-refractivity contribution is 7.13. The van der Waals surface area contributed by atoms with Gasteiger partial charge in [-0.1, -0.05) is 0 Å². The average Bonchev–Trinajstić information content (AvgIpc) is 2.75. The van der Waals surface area contributed by atoms with Crippen molar-refractivity contribution >= 4 is 28.3 Å². The Bertz CT molecular complexity index is 408. The van der Waals surface area contributed by atoms with Crippen LogP contribution in [-0.2, 0) is 25.5 Å². The van der Waals surface area contributed by atoms with Crippen molar-refractivity contribution in [2.24, 2.45) is 5.73 Å². The molecule has 0 unspecified atom stereocenters. The van der Waals surface area contributed by atoms with E-state index >= 15 is 0 Å². The highest BCUT2D eigenvalue weighted by Crippen LogP contribution is 2.15.